The Labute approximate surface area is 272 Å². The Balaban J connectivity index is 1.11. The largest absolute Gasteiger partial charge is 0.369 e. The van der Waals surface area contributed by atoms with E-state index in [1.165, 1.54) is 17.4 Å². The number of nitrogens with one attached hydrogen (secondary N) is 1. The van der Waals surface area contributed by atoms with Crippen LogP contribution >= 0.6 is 11.3 Å². The van der Waals surface area contributed by atoms with Crippen LogP contribution in [0.5, 0.6) is 0 Å². The molecule has 2 N–H and O–H groups in total. The number of halogens is 1. The van der Waals surface area contributed by atoms with Gasteiger partial charge in [-0.25, -0.2) is 17.8 Å². The number of benzene rings is 2. The van der Waals surface area contributed by atoms with Crippen LogP contribution in [0, 0.1) is 12.7 Å². The van der Waals surface area contributed by atoms with E-state index in [0.717, 1.165) is 34.5 Å². The van der Waals surface area contributed by atoms with Crippen LogP contribution in [0.25, 0.3) is 10.4 Å². The zero-order valence-electron chi connectivity index (χ0n) is 25.5. The zero-order valence-corrected chi connectivity index (χ0v) is 27.2. The zero-order chi connectivity index (χ0) is 32.0. The van der Waals surface area contributed by atoms with Gasteiger partial charge in [0.15, 0.2) is 6.23 Å². The minimum Gasteiger partial charge on any atom is -0.369 e. The van der Waals surface area contributed by atoms with Gasteiger partial charge in [0.25, 0.3) is 5.91 Å². The van der Waals surface area contributed by atoms with Crippen molar-refractivity contribution in [1.29, 1.82) is 0 Å². The number of pyridine rings is 1. The second-order valence-electron chi connectivity index (χ2n) is 12.1. The van der Waals surface area contributed by atoms with Gasteiger partial charge in [0.2, 0.25) is 10.0 Å². The van der Waals surface area contributed by atoms with Crippen LogP contribution in [0.15, 0.2) is 66.7 Å². The van der Waals surface area contributed by atoms with E-state index in [1.54, 1.807) is 34.3 Å². The maximum Gasteiger partial charge on any atom is 0.276 e. The average molecular weight is 662 g/mol. The number of aromatic nitrogens is 1. The molecule has 1 unspecified atom stereocenters. The Morgan fingerprint density at radius 3 is 2.63 bits per heavy atom. The summed E-state index contributed by atoms with van der Waals surface area (Å²) in [5.74, 6) is 0.0257. The topological polar surface area (TPSA) is 106 Å². The number of hydrogen-bond donors (Lipinski definition) is 2. The van der Waals surface area contributed by atoms with Crippen LogP contribution in [-0.4, -0.2) is 66.7 Å². The van der Waals surface area contributed by atoms with E-state index in [4.69, 9.17) is 4.98 Å². The van der Waals surface area contributed by atoms with E-state index in [2.05, 4.69) is 10.2 Å². The molecule has 0 spiro atoms. The number of anilines is 3. The standard InChI is InChI=1S/C34H36FN5O4S2/c1-22-7-4-9-26(35)31(22)37-33(41)29-21-23-15-18-40(28-11-3-2-8-25(28)32(23)45-29)34(42)27-10-5-12-30(36-27)38-16-6-17-39(20-19-38)46(43,44)24-13-14-24/h2-5,7-12,21,24,33,37,41H,6,13-20H2,1H3. The molecule has 240 valence electrons. The molecule has 1 atom stereocenters. The summed E-state index contributed by atoms with van der Waals surface area (Å²) in [7, 11) is -3.24. The Hall–Kier alpha value is -3.84. The minimum atomic E-state index is -3.24. The van der Waals surface area contributed by atoms with Gasteiger partial charge in [-0.1, -0.05) is 36.4 Å². The third-order valence-electron chi connectivity index (χ3n) is 8.93. The highest BCUT2D eigenvalue weighted by molar-refractivity contribution is 7.90. The highest BCUT2D eigenvalue weighted by atomic mass is 32.2. The molecule has 1 saturated heterocycles. The molecule has 7 rings (SSSR count). The van der Waals surface area contributed by atoms with E-state index in [-0.39, 0.29) is 16.8 Å². The lowest BCUT2D eigenvalue weighted by atomic mass is 10.1. The van der Waals surface area contributed by atoms with Crippen LogP contribution in [0.1, 0.15) is 52.0 Å². The fraction of sp³-hybridized carbons (Fsp3) is 0.353. The van der Waals surface area contributed by atoms with Gasteiger partial charge in [0.05, 0.1) is 21.5 Å². The number of aliphatic hydroxyl groups excluding tert-OH is 1. The lowest BCUT2D eigenvalue weighted by Gasteiger charge is -2.25. The number of nitrogens with zero attached hydrogens (tertiary/aromatic N) is 4. The minimum absolute atomic E-state index is 0.214. The van der Waals surface area contributed by atoms with E-state index < -0.39 is 22.1 Å². The highest BCUT2D eigenvalue weighted by Crippen LogP contribution is 2.43. The predicted molar refractivity (Wildman–Crippen MR) is 179 cm³/mol. The van der Waals surface area contributed by atoms with Crippen molar-refractivity contribution in [2.24, 2.45) is 0 Å². The Kier molecular flexibility index (Phi) is 8.30. The normalized spacial score (nSPS) is 17.9. The molecule has 12 heteroatoms. The summed E-state index contributed by atoms with van der Waals surface area (Å²) >= 11 is 1.43. The predicted octanol–water partition coefficient (Wildman–Crippen LogP) is 5.57. The fourth-order valence-electron chi connectivity index (χ4n) is 6.30. The summed E-state index contributed by atoms with van der Waals surface area (Å²) in [6.07, 6.45) is 1.66. The summed E-state index contributed by atoms with van der Waals surface area (Å²) in [4.78, 5) is 24.3. The van der Waals surface area contributed by atoms with E-state index in [1.807, 2.05) is 42.5 Å². The first-order valence-corrected chi connectivity index (χ1v) is 18.0. The van der Waals surface area contributed by atoms with E-state index >= 15 is 0 Å². The summed E-state index contributed by atoms with van der Waals surface area (Å²) < 4.78 is 41.7. The molecule has 1 amide bonds. The molecular weight excluding hydrogens is 626 g/mol. The lowest BCUT2D eigenvalue weighted by Crippen LogP contribution is -2.37. The maximum absolute atomic E-state index is 14.5. The highest BCUT2D eigenvalue weighted by Gasteiger charge is 2.40. The van der Waals surface area contributed by atoms with Crippen molar-refractivity contribution in [1.82, 2.24) is 9.29 Å². The van der Waals surface area contributed by atoms with Crippen molar-refractivity contribution in [3.8, 4) is 10.4 Å². The number of rotatable bonds is 7. The van der Waals surface area contributed by atoms with Crippen LogP contribution < -0.4 is 15.1 Å². The first kappa shape index (κ1) is 30.8. The maximum atomic E-state index is 14.5. The fourth-order valence-corrected chi connectivity index (χ4v) is 9.35. The molecule has 2 aromatic carbocycles. The monoisotopic (exact) mass is 661 g/mol. The van der Waals surface area contributed by atoms with Gasteiger partial charge < -0.3 is 20.2 Å². The van der Waals surface area contributed by atoms with Crippen molar-refractivity contribution in [3.63, 3.8) is 0 Å². The van der Waals surface area contributed by atoms with Crippen LogP contribution in [0.2, 0.25) is 0 Å². The smallest absolute Gasteiger partial charge is 0.276 e. The molecule has 4 aromatic rings. The SMILES string of the molecule is Cc1cccc(F)c1NC(O)c1cc2c(s1)-c1ccccc1N(C(=O)c1cccc(N3CCCN(S(=O)(=O)C4CC4)CC3)n1)CC2. The van der Waals surface area contributed by atoms with Gasteiger partial charge in [0, 0.05) is 43.2 Å². The number of amides is 1. The molecule has 4 heterocycles. The number of thiophene rings is 1. The first-order valence-electron chi connectivity index (χ1n) is 15.7. The van der Waals surface area contributed by atoms with Gasteiger partial charge >= 0.3 is 0 Å². The van der Waals surface area contributed by atoms with Crippen molar-refractivity contribution in [2.45, 2.75) is 44.1 Å². The number of fused-ring (bicyclic) bond motifs is 3. The van der Waals surface area contributed by atoms with Gasteiger partial charge in [-0.2, -0.15) is 4.31 Å². The number of hydrogen-bond acceptors (Lipinski definition) is 8. The third kappa shape index (κ3) is 5.90. The Morgan fingerprint density at radius 1 is 1.02 bits per heavy atom. The van der Waals surface area contributed by atoms with Crippen molar-refractivity contribution >= 4 is 44.5 Å². The first-order chi connectivity index (χ1) is 22.2. The summed E-state index contributed by atoms with van der Waals surface area (Å²) in [5, 5.41) is 13.7. The molecule has 2 aromatic heterocycles. The Morgan fingerprint density at radius 2 is 1.83 bits per heavy atom. The Bertz CT molecular complexity index is 1870. The molecule has 0 bridgehead atoms. The van der Waals surface area contributed by atoms with Crippen molar-refractivity contribution in [2.75, 3.05) is 47.8 Å². The number of aryl methyl sites for hydroxylation is 1. The summed E-state index contributed by atoms with van der Waals surface area (Å²) in [6.45, 7) is 4.29. The van der Waals surface area contributed by atoms with Crippen LogP contribution in [0.4, 0.5) is 21.6 Å². The van der Waals surface area contributed by atoms with Gasteiger partial charge in [0.1, 0.15) is 17.3 Å². The lowest BCUT2D eigenvalue weighted by molar-refractivity contribution is 0.0982. The molecule has 1 saturated carbocycles. The number of carbonyl (C=O) groups is 1. The third-order valence-corrected chi connectivity index (χ3v) is 12.6. The molecule has 9 nitrogen and oxygen atoms in total. The molecule has 1 aliphatic carbocycles. The molecule has 0 radical (unpaired) electrons. The van der Waals surface area contributed by atoms with Gasteiger partial charge in [-0.15, -0.1) is 11.3 Å². The second kappa shape index (κ2) is 12.4. The van der Waals surface area contributed by atoms with Gasteiger partial charge in [-0.3, -0.25) is 4.79 Å². The van der Waals surface area contributed by atoms with Crippen molar-refractivity contribution in [3.05, 3.63) is 94.2 Å². The number of sulfonamides is 1. The molecule has 46 heavy (non-hydrogen) atoms. The summed E-state index contributed by atoms with van der Waals surface area (Å²) in [5.41, 5.74) is 3.94. The van der Waals surface area contributed by atoms with Crippen LogP contribution in [0.3, 0.4) is 0 Å². The number of carbonyl (C=O) groups excluding carboxylic acids is 1. The van der Waals surface area contributed by atoms with Gasteiger partial charge in [-0.05, 0) is 74.1 Å². The van der Waals surface area contributed by atoms with E-state index in [0.29, 0.717) is 67.5 Å². The molecule has 2 aliphatic heterocycles. The summed E-state index contributed by atoms with van der Waals surface area (Å²) in [6, 6.07) is 19.9. The average Bonchev–Trinajstić information content (AvgIpc) is 3.89. The number of aliphatic hydroxyl groups is 1. The van der Waals surface area contributed by atoms with Crippen molar-refractivity contribution < 1.29 is 22.7 Å². The van der Waals surface area contributed by atoms with Crippen LogP contribution in [-0.2, 0) is 16.4 Å². The molecule has 2 fully saturated rings. The number of para-hydroxylation sites is 2. The second-order valence-corrected chi connectivity index (χ2v) is 15.4. The molecule has 3 aliphatic rings. The van der Waals surface area contributed by atoms with E-state index in [9.17, 15) is 22.7 Å². The quantitative estimate of drug-likeness (QED) is 0.250. The molecular formula is C34H36FN5O4S2.